The van der Waals surface area contributed by atoms with Crippen molar-refractivity contribution >= 4 is 29.0 Å². The molecule has 0 bridgehead atoms. The maximum absolute atomic E-state index is 12.4. The SMILES string of the molecule is CCCCCC(=O)CC(=O)C=Cc1cc(OC)c(O)c(N2C=C3C(Cc4cc(C)cc(C)c4)=CN=C3C2)c1. The number of ketones is 2. The molecule has 0 atom stereocenters. The molecule has 6 nitrogen and oxygen atoms in total. The number of phenols is 1. The second kappa shape index (κ2) is 12.1. The molecule has 0 radical (unpaired) electrons. The monoisotopic (exact) mass is 512 g/mol. The lowest BCUT2D eigenvalue weighted by atomic mass is 9.97. The summed E-state index contributed by atoms with van der Waals surface area (Å²) < 4.78 is 5.42. The molecule has 0 spiro atoms. The number of benzene rings is 2. The number of phenolic OH excluding ortho intramolecular Hbond substituents is 1. The van der Waals surface area contributed by atoms with Crippen molar-refractivity contribution in [1.82, 2.24) is 0 Å². The van der Waals surface area contributed by atoms with Crippen LogP contribution in [-0.2, 0) is 16.0 Å². The average Bonchev–Trinajstić information content (AvgIpc) is 3.44. The summed E-state index contributed by atoms with van der Waals surface area (Å²) in [5.74, 6) is 0.0826. The summed E-state index contributed by atoms with van der Waals surface area (Å²) in [4.78, 5) is 31.0. The molecule has 4 rings (SSSR count). The van der Waals surface area contributed by atoms with Gasteiger partial charge in [0.15, 0.2) is 17.3 Å². The Labute approximate surface area is 225 Å². The summed E-state index contributed by atoms with van der Waals surface area (Å²) in [7, 11) is 1.50. The molecule has 0 unspecified atom stereocenters. The normalized spacial score (nSPS) is 14.4. The number of aliphatic imine (C=N–C) groups is 1. The van der Waals surface area contributed by atoms with Gasteiger partial charge in [-0.2, -0.15) is 0 Å². The number of ether oxygens (including phenoxy) is 1. The van der Waals surface area contributed by atoms with Crippen LogP contribution in [0, 0.1) is 13.8 Å². The van der Waals surface area contributed by atoms with Crippen molar-refractivity contribution < 1.29 is 19.4 Å². The first-order chi connectivity index (χ1) is 18.3. The van der Waals surface area contributed by atoms with Crippen molar-refractivity contribution in [2.45, 2.75) is 59.3 Å². The second-order valence-electron chi connectivity index (χ2n) is 10.1. The fourth-order valence-electron chi connectivity index (χ4n) is 5.00. The van der Waals surface area contributed by atoms with Crippen LogP contribution in [0.5, 0.6) is 11.5 Å². The Morgan fingerprint density at radius 3 is 2.58 bits per heavy atom. The van der Waals surface area contributed by atoms with E-state index < -0.39 is 0 Å². The van der Waals surface area contributed by atoms with E-state index >= 15 is 0 Å². The van der Waals surface area contributed by atoms with Gasteiger partial charge in [-0.05, 0) is 61.6 Å². The third-order valence-corrected chi connectivity index (χ3v) is 6.81. The van der Waals surface area contributed by atoms with Crippen molar-refractivity contribution in [3.05, 3.63) is 82.2 Å². The number of methoxy groups -OCH3 is 1. The molecule has 2 heterocycles. The third kappa shape index (κ3) is 6.49. The lowest BCUT2D eigenvalue weighted by Gasteiger charge is -2.19. The van der Waals surface area contributed by atoms with Crippen molar-refractivity contribution in [3.63, 3.8) is 0 Å². The van der Waals surface area contributed by atoms with Crippen LogP contribution in [0.4, 0.5) is 5.69 Å². The average molecular weight is 513 g/mol. The van der Waals surface area contributed by atoms with E-state index in [1.807, 2.05) is 23.4 Å². The number of allylic oxidation sites excluding steroid dienone is 2. The minimum absolute atomic E-state index is 0.0272. The molecule has 0 saturated heterocycles. The number of Topliss-reactive ketones (excluding diaryl/α,β-unsaturated/α-hetero) is 1. The number of hydrogen-bond acceptors (Lipinski definition) is 6. The quantitative estimate of drug-likeness (QED) is 0.202. The molecular weight excluding hydrogens is 476 g/mol. The molecule has 0 fully saturated rings. The van der Waals surface area contributed by atoms with Crippen LogP contribution in [0.2, 0.25) is 0 Å². The number of fused-ring (bicyclic) bond motifs is 1. The molecule has 0 saturated carbocycles. The van der Waals surface area contributed by atoms with Crippen LogP contribution in [-0.4, -0.2) is 36.0 Å². The van der Waals surface area contributed by atoms with Gasteiger partial charge in [-0.15, -0.1) is 0 Å². The van der Waals surface area contributed by atoms with Crippen molar-refractivity contribution in [2.75, 3.05) is 18.6 Å². The van der Waals surface area contributed by atoms with Gasteiger partial charge in [-0.3, -0.25) is 14.6 Å². The molecular formula is C32H36N2O4. The van der Waals surface area contributed by atoms with Gasteiger partial charge in [0.1, 0.15) is 5.78 Å². The van der Waals surface area contributed by atoms with E-state index in [4.69, 9.17) is 4.74 Å². The molecule has 0 aromatic heterocycles. The number of nitrogens with zero attached hydrogens (tertiary/aromatic N) is 2. The number of aryl methyl sites for hydroxylation is 2. The Bertz CT molecular complexity index is 1340. The third-order valence-electron chi connectivity index (χ3n) is 6.81. The van der Waals surface area contributed by atoms with E-state index in [2.05, 4.69) is 44.0 Å². The molecule has 2 aromatic carbocycles. The van der Waals surface area contributed by atoms with E-state index in [0.717, 1.165) is 42.5 Å². The number of unbranched alkanes of at least 4 members (excludes halogenated alkanes) is 2. The standard InChI is InChI=1S/C32H36N2O4/c1-5-6-7-8-26(35)17-27(36)10-9-23-15-30(32(37)31(16-23)38-4)34-19-28-25(18-33-29(28)20-34)14-24-12-21(2)11-22(3)13-24/h9-13,15-16,18-19,37H,5-8,14,17,20H2,1-4H3. The van der Waals surface area contributed by atoms with Crippen LogP contribution in [0.1, 0.15) is 61.3 Å². The zero-order valence-corrected chi connectivity index (χ0v) is 22.7. The van der Waals surface area contributed by atoms with Crippen molar-refractivity contribution in [3.8, 4) is 11.5 Å². The lowest BCUT2D eigenvalue weighted by Crippen LogP contribution is -2.17. The smallest absolute Gasteiger partial charge is 0.182 e. The van der Waals surface area contributed by atoms with E-state index in [0.29, 0.717) is 30.0 Å². The predicted molar refractivity (Wildman–Crippen MR) is 153 cm³/mol. The van der Waals surface area contributed by atoms with Crippen LogP contribution < -0.4 is 9.64 Å². The fraction of sp³-hybridized carbons (Fsp3) is 0.344. The van der Waals surface area contributed by atoms with Crippen LogP contribution in [0.3, 0.4) is 0 Å². The van der Waals surface area contributed by atoms with Gasteiger partial charge in [0.05, 0.1) is 31.5 Å². The number of anilines is 1. The van der Waals surface area contributed by atoms with Gasteiger partial charge in [-0.1, -0.05) is 55.2 Å². The maximum Gasteiger partial charge on any atom is 0.182 e. The van der Waals surface area contributed by atoms with Gasteiger partial charge >= 0.3 is 0 Å². The molecule has 0 amide bonds. The molecule has 6 heteroatoms. The summed E-state index contributed by atoms with van der Waals surface area (Å²) in [5, 5.41) is 10.9. The van der Waals surface area contributed by atoms with Crippen LogP contribution in [0.15, 0.2) is 64.9 Å². The summed E-state index contributed by atoms with van der Waals surface area (Å²) in [6, 6.07) is 10.1. The topological polar surface area (TPSA) is 79.2 Å². The second-order valence-corrected chi connectivity index (χ2v) is 10.1. The Balaban J connectivity index is 1.51. The molecule has 38 heavy (non-hydrogen) atoms. The van der Waals surface area contributed by atoms with E-state index in [-0.39, 0.29) is 23.7 Å². The van der Waals surface area contributed by atoms with Gasteiger partial charge in [0, 0.05) is 24.4 Å². The van der Waals surface area contributed by atoms with Crippen molar-refractivity contribution in [2.24, 2.45) is 4.99 Å². The first kappa shape index (κ1) is 27.1. The number of aromatic hydroxyl groups is 1. The summed E-state index contributed by atoms with van der Waals surface area (Å²) >= 11 is 0. The minimum atomic E-state index is -0.228. The highest BCUT2D eigenvalue weighted by Crippen LogP contribution is 2.41. The Morgan fingerprint density at radius 1 is 1.11 bits per heavy atom. The summed E-state index contributed by atoms with van der Waals surface area (Å²) in [5.41, 5.74) is 8.16. The maximum atomic E-state index is 12.4. The molecule has 2 aromatic rings. The molecule has 198 valence electrons. The zero-order chi connectivity index (χ0) is 27.2. The summed E-state index contributed by atoms with van der Waals surface area (Å²) in [6.45, 7) is 6.82. The summed E-state index contributed by atoms with van der Waals surface area (Å²) in [6.07, 6.45) is 11.0. The number of hydrogen-bond donors (Lipinski definition) is 1. The lowest BCUT2D eigenvalue weighted by molar-refractivity contribution is -0.124. The molecule has 2 aliphatic rings. The first-order valence-corrected chi connectivity index (χ1v) is 13.2. The van der Waals surface area contributed by atoms with Crippen LogP contribution >= 0.6 is 0 Å². The minimum Gasteiger partial charge on any atom is -0.503 e. The van der Waals surface area contributed by atoms with Gasteiger partial charge in [-0.25, -0.2) is 0 Å². The highest BCUT2D eigenvalue weighted by Gasteiger charge is 2.29. The Morgan fingerprint density at radius 2 is 1.87 bits per heavy atom. The Kier molecular flexibility index (Phi) is 8.62. The predicted octanol–water partition coefficient (Wildman–Crippen LogP) is 6.42. The fourth-order valence-corrected chi connectivity index (χ4v) is 5.00. The molecule has 0 aliphatic carbocycles. The Hall–Kier alpha value is -3.93. The van der Waals surface area contributed by atoms with E-state index in [1.54, 1.807) is 12.1 Å². The van der Waals surface area contributed by atoms with E-state index in [1.165, 1.54) is 29.9 Å². The number of carbonyl (C=O) groups is 2. The van der Waals surface area contributed by atoms with Gasteiger partial charge < -0.3 is 14.7 Å². The highest BCUT2D eigenvalue weighted by atomic mass is 16.5. The first-order valence-electron chi connectivity index (χ1n) is 13.2. The van der Waals surface area contributed by atoms with Gasteiger partial charge in [0.2, 0.25) is 0 Å². The number of carbonyl (C=O) groups excluding carboxylic acids is 2. The molecule has 1 N–H and O–H groups in total. The van der Waals surface area contributed by atoms with Gasteiger partial charge in [0.25, 0.3) is 0 Å². The highest BCUT2D eigenvalue weighted by molar-refractivity contribution is 6.12. The van der Waals surface area contributed by atoms with Crippen LogP contribution in [0.25, 0.3) is 6.08 Å². The van der Waals surface area contributed by atoms with Crippen molar-refractivity contribution in [1.29, 1.82) is 0 Å². The van der Waals surface area contributed by atoms with E-state index in [9.17, 15) is 14.7 Å². The zero-order valence-electron chi connectivity index (χ0n) is 22.7. The number of rotatable bonds is 12. The largest absolute Gasteiger partial charge is 0.503 e. The molecule has 2 aliphatic heterocycles.